The normalized spacial score (nSPS) is 19.9. The molecule has 106 valence electrons. The SMILES string of the molecule is COC(=O)C1(c2ccccc2)CCN(C(C)C#N)CC1. The number of likely N-dealkylation sites (tertiary alicyclic amines) is 1. The number of carbonyl (C=O) groups excluding carboxylic acids is 1. The summed E-state index contributed by atoms with van der Waals surface area (Å²) in [5.74, 6) is -0.173. The highest BCUT2D eigenvalue weighted by Gasteiger charge is 2.44. The summed E-state index contributed by atoms with van der Waals surface area (Å²) in [6, 6.07) is 12.0. The Kier molecular flexibility index (Phi) is 4.41. The fourth-order valence-corrected chi connectivity index (χ4v) is 2.94. The van der Waals surface area contributed by atoms with E-state index in [4.69, 9.17) is 10.00 Å². The van der Waals surface area contributed by atoms with Crippen LogP contribution >= 0.6 is 0 Å². The average Bonchev–Trinajstić information content (AvgIpc) is 2.54. The minimum atomic E-state index is -0.568. The molecular formula is C16H20N2O2. The van der Waals surface area contributed by atoms with Crippen LogP contribution in [0.2, 0.25) is 0 Å². The van der Waals surface area contributed by atoms with Gasteiger partial charge >= 0.3 is 5.97 Å². The van der Waals surface area contributed by atoms with Crippen molar-refractivity contribution in [2.75, 3.05) is 20.2 Å². The van der Waals surface area contributed by atoms with Gasteiger partial charge in [-0.05, 0) is 25.3 Å². The third-order valence-corrected chi connectivity index (χ3v) is 4.29. The zero-order valence-corrected chi connectivity index (χ0v) is 12.0. The number of ether oxygens (including phenoxy) is 1. The van der Waals surface area contributed by atoms with E-state index in [2.05, 4.69) is 11.0 Å². The molecule has 1 aliphatic heterocycles. The first-order valence-corrected chi connectivity index (χ1v) is 6.91. The van der Waals surface area contributed by atoms with Crippen molar-refractivity contribution in [3.63, 3.8) is 0 Å². The fraction of sp³-hybridized carbons (Fsp3) is 0.500. The van der Waals surface area contributed by atoms with Gasteiger partial charge < -0.3 is 4.74 Å². The minimum Gasteiger partial charge on any atom is -0.468 e. The van der Waals surface area contributed by atoms with Crippen molar-refractivity contribution in [3.05, 3.63) is 35.9 Å². The second-order valence-corrected chi connectivity index (χ2v) is 5.28. The van der Waals surface area contributed by atoms with Gasteiger partial charge in [-0.15, -0.1) is 0 Å². The van der Waals surface area contributed by atoms with E-state index in [-0.39, 0.29) is 12.0 Å². The minimum absolute atomic E-state index is 0.110. The molecule has 20 heavy (non-hydrogen) atoms. The summed E-state index contributed by atoms with van der Waals surface area (Å²) in [5.41, 5.74) is 0.443. The Hall–Kier alpha value is -1.86. The van der Waals surface area contributed by atoms with Gasteiger partial charge in [0.2, 0.25) is 0 Å². The molecule has 1 aromatic carbocycles. The predicted octanol–water partition coefficient (Wildman–Crippen LogP) is 2.11. The van der Waals surface area contributed by atoms with Crippen LogP contribution in [0.25, 0.3) is 0 Å². The second-order valence-electron chi connectivity index (χ2n) is 5.28. The molecule has 0 amide bonds. The number of esters is 1. The lowest BCUT2D eigenvalue weighted by Gasteiger charge is -2.40. The van der Waals surface area contributed by atoms with Gasteiger partial charge in [0, 0.05) is 13.1 Å². The van der Waals surface area contributed by atoms with Gasteiger partial charge in [0.15, 0.2) is 0 Å². The average molecular weight is 272 g/mol. The molecule has 1 aliphatic rings. The number of nitriles is 1. The first-order chi connectivity index (χ1) is 9.64. The zero-order valence-electron chi connectivity index (χ0n) is 12.0. The van der Waals surface area contributed by atoms with Gasteiger partial charge in [-0.2, -0.15) is 5.26 Å². The summed E-state index contributed by atoms with van der Waals surface area (Å²) >= 11 is 0. The summed E-state index contributed by atoms with van der Waals surface area (Å²) in [7, 11) is 1.44. The maximum atomic E-state index is 12.3. The molecule has 1 fully saturated rings. The van der Waals surface area contributed by atoms with E-state index in [0.717, 1.165) is 18.7 Å². The molecule has 0 radical (unpaired) electrons. The fourth-order valence-electron chi connectivity index (χ4n) is 2.94. The van der Waals surface area contributed by atoms with Crippen LogP contribution in [0.5, 0.6) is 0 Å². The molecule has 0 bridgehead atoms. The number of hydrogen-bond acceptors (Lipinski definition) is 4. The molecule has 1 saturated heterocycles. The maximum absolute atomic E-state index is 12.3. The van der Waals surface area contributed by atoms with Crippen molar-refractivity contribution >= 4 is 5.97 Å². The molecule has 1 heterocycles. The van der Waals surface area contributed by atoms with E-state index >= 15 is 0 Å². The maximum Gasteiger partial charge on any atom is 0.316 e. The number of nitrogens with zero attached hydrogens (tertiary/aromatic N) is 2. The smallest absolute Gasteiger partial charge is 0.316 e. The Morgan fingerprint density at radius 2 is 1.95 bits per heavy atom. The van der Waals surface area contributed by atoms with E-state index in [0.29, 0.717) is 12.8 Å². The Morgan fingerprint density at radius 1 is 1.35 bits per heavy atom. The van der Waals surface area contributed by atoms with Crippen molar-refractivity contribution in [1.82, 2.24) is 4.90 Å². The molecule has 0 aliphatic carbocycles. The molecule has 1 unspecified atom stereocenters. The van der Waals surface area contributed by atoms with Crippen molar-refractivity contribution in [1.29, 1.82) is 5.26 Å². The lowest BCUT2D eigenvalue weighted by atomic mass is 9.72. The van der Waals surface area contributed by atoms with Crippen LogP contribution < -0.4 is 0 Å². The lowest BCUT2D eigenvalue weighted by molar-refractivity contribution is -0.149. The summed E-state index contributed by atoms with van der Waals surface area (Å²) in [6.07, 6.45) is 1.38. The van der Waals surface area contributed by atoms with Gasteiger partial charge in [-0.1, -0.05) is 30.3 Å². The van der Waals surface area contributed by atoms with Gasteiger partial charge in [-0.25, -0.2) is 0 Å². The van der Waals surface area contributed by atoms with Crippen LogP contribution in [0.3, 0.4) is 0 Å². The Bertz CT molecular complexity index is 499. The van der Waals surface area contributed by atoms with Crippen molar-refractivity contribution in [2.24, 2.45) is 0 Å². The van der Waals surface area contributed by atoms with E-state index in [1.54, 1.807) is 0 Å². The van der Waals surface area contributed by atoms with Crippen LogP contribution in [-0.4, -0.2) is 37.1 Å². The number of rotatable bonds is 3. The van der Waals surface area contributed by atoms with Gasteiger partial charge in [0.1, 0.15) is 0 Å². The lowest BCUT2D eigenvalue weighted by Crippen LogP contribution is -2.49. The van der Waals surface area contributed by atoms with Crippen molar-refractivity contribution in [3.8, 4) is 6.07 Å². The van der Waals surface area contributed by atoms with E-state index < -0.39 is 5.41 Å². The van der Waals surface area contributed by atoms with E-state index in [1.165, 1.54) is 7.11 Å². The third-order valence-electron chi connectivity index (χ3n) is 4.29. The molecular weight excluding hydrogens is 252 g/mol. The van der Waals surface area contributed by atoms with Gasteiger partial charge in [0.25, 0.3) is 0 Å². The number of methoxy groups -OCH3 is 1. The highest BCUT2D eigenvalue weighted by molar-refractivity contribution is 5.83. The standard InChI is InChI=1S/C16H20N2O2/c1-13(12-17)18-10-8-16(9-11-18,15(19)20-2)14-6-4-3-5-7-14/h3-7,13H,8-11H2,1-2H3. The van der Waals surface area contributed by atoms with Crippen LogP contribution in [-0.2, 0) is 14.9 Å². The van der Waals surface area contributed by atoms with Crippen molar-refractivity contribution in [2.45, 2.75) is 31.2 Å². The molecule has 2 rings (SSSR count). The molecule has 0 aromatic heterocycles. The first kappa shape index (κ1) is 14.5. The molecule has 0 N–H and O–H groups in total. The van der Waals surface area contributed by atoms with Crippen LogP contribution in [0, 0.1) is 11.3 Å². The zero-order chi connectivity index (χ0) is 14.6. The van der Waals surface area contributed by atoms with Crippen LogP contribution in [0.15, 0.2) is 30.3 Å². The second kappa shape index (κ2) is 6.06. The quantitative estimate of drug-likeness (QED) is 0.791. The number of benzene rings is 1. The topological polar surface area (TPSA) is 53.3 Å². The molecule has 4 nitrogen and oxygen atoms in total. The third kappa shape index (κ3) is 2.54. The number of carbonyl (C=O) groups is 1. The van der Waals surface area contributed by atoms with Crippen molar-refractivity contribution < 1.29 is 9.53 Å². The van der Waals surface area contributed by atoms with E-state index in [9.17, 15) is 4.79 Å². The predicted molar refractivity (Wildman–Crippen MR) is 76.0 cm³/mol. The molecule has 0 spiro atoms. The molecule has 1 aromatic rings. The molecule has 0 saturated carbocycles. The number of hydrogen-bond donors (Lipinski definition) is 0. The van der Waals surface area contributed by atoms with Crippen LogP contribution in [0.4, 0.5) is 0 Å². The Balaban J connectivity index is 2.25. The van der Waals surface area contributed by atoms with Crippen LogP contribution in [0.1, 0.15) is 25.3 Å². The largest absolute Gasteiger partial charge is 0.468 e. The highest BCUT2D eigenvalue weighted by atomic mass is 16.5. The first-order valence-electron chi connectivity index (χ1n) is 6.91. The molecule has 4 heteroatoms. The Labute approximate surface area is 120 Å². The summed E-state index contributed by atoms with van der Waals surface area (Å²) < 4.78 is 5.05. The summed E-state index contributed by atoms with van der Waals surface area (Å²) in [4.78, 5) is 14.4. The van der Waals surface area contributed by atoms with E-state index in [1.807, 2.05) is 37.3 Å². The highest BCUT2D eigenvalue weighted by Crippen LogP contribution is 2.37. The van der Waals surface area contributed by atoms with Gasteiger partial charge in [0.05, 0.1) is 24.6 Å². The monoisotopic (exact) mass is 272 g/mol. The Morgan fingerprint density at radius 3 is 2.45 bits per heavy atom. The summed E-state index contributed by atoms with van der Waals surface area (Å²) in [6.45, 7) is 3.37. The summed E-state index contributed by atoms with van der Waals surface area (Å²) in [5, 5.41) is 9.01. The molecule has 1 atom stereocenters. The number of piperidine rings is 1. The van der Waals surface area contributed by atoms with Gasteiger partial charge in [-0.3, -0.25) is 9.69 Å².